The zero-order valence-corrected chi connectivity index (χ0v) is 20.5. The maximum atomic E-state index is 12.2. The monoisotopic (exact) mass is 507 g/mol. The number of ether oxygens (including phenoxy) is 1. The van der Waals surface area contributed by atoms with Gasteiger partial charge in [0.1, 0.15) is 11.4 Å². The maximum absolute atomic E-state index is 12.2. The normalized spacial score (nSPS) is 23.2. The van der Waals surface area contributed by atoms with Crippen LogP contribution in [0.4, 0.5) is 0 Å². The number of nitrogens with one attached hydrogen (secondary N) is 1. The van der Waals surface area contributed by atoms with Gasteiger partial charge in [0.2, 0.25) is 5.91 Å². The number of halogens is 2. The van der Waals surface area contributed by atoms with Gasteiger partial charge >= 0.3 is 0 Å². The first-order chi connectivity index (χ1) is 15.5. The average Bonchev–Trinajstić information content (AvgIpc) is 3.26. The van der Waals surface area contributed by atoms with Crippen molar-refractivity contribution in [2.24, 2.45) is 5.10 Å². The second-order valence-electron chi connectivity index (χ2n) is 9.31. The van der Waals surface area contributed by atoms with Crippen molar-refractivity contribution in [3.8, 4) is 0 Å². The molecule has 0 aliphatic carbocycles. The van der Waals surface area contributed by atoms with E-state index < -0.39 is 26.7 Å². The molecule has 1 N–H and O–H groups in total. The largest absolute Gasteiger partial charge is 0.362 e. The van der Waals surface area contributed by atoms with Gasteiger partial charge in [-0.25, -0.2) is 8.42 Å². The number of likely N-dealkylation sites (tertiary alicyclic amines) is 1. The van der Waals surface area contributed by atoms with Crippen molar-refractivity contribution in [2.75, 3.05) is 25.1 Å². The predicted octanol–water partition coefficient (Wildman–Crippen LogP) is 3.22. The van der Waals surface area contributed by atoms with Crippen LogP contribution in [-0.2, 0) is 37.1 Å². The smallest absolute Gasteiger partial charge is 0.237 e. The first kappa shape index (κ1) is 22.7. The quantitative estimate of drug-likeness (QED) is 0.686. The fraction of sp³-hybridized carbons (Fsp3) is 0.391. The molecule has 2 aromatic carbocycles. The maximum Gasteiger partial charge on any atom is 0.237 e. The Kier molecular flexibility index (Phi) is 5.28. The van der Waals surface area contributed by atoms with Gasteiger partial charge in [-0.05, 0) is 53.4 Å². The molecule has 1 spiro atoms. The highest BCUT2D eigenvalue weighted by Crippen LogP contribution is 2.44. The van der Waals surface area contributed by atoms with Crippen LogP contribution in [0.1, 0.15) is 35.6 Å². The van der Waals surface area contributed by atoms with E-state index in [9.17, 15) is 13.2 Å². The molecule has 0 aromatic heterocycles. The van der Waals surface area contributed by atoms with E-state index in [1.165, 1.54) is 4.90 Å². The minimum absolute atomic E-state index is 0.365. The van der Waals surface area contributed by atoms with Gasteiger partial charge in [-0.3, -0.25) is 10.2 Å². The van der Waals surface area contributed by atoms with E-state index in [2.05, 4.69) is 23.5 Å². The summed E-state index contributed by atoms with van der Waals surface area (Å²) in [4.78, 5) is 13.7. The lowest BCUT2D eigenvalue weighted by Gasteiger charge is -2.47. The van der Waals surface area contributed by atoms with E-state index in [-0.39, 0.29) is 5.91 Å². The Hall–Kier alpha value is -2.13. The Morgan fingerprint density at radius 1 is 1.18 bits per heavy atom. The molecular formula is C23H23Cl2N3O4S. The molecule has 1 fully saturated rings. The average molecular weight is 508 g/mol. The fourth-order valence-corrected chi connectivity index (χ4v) is 5.92. The van der Waals surface area contributed by atoms with Crippen LogP contribution in [0, 0.1) is 0 Å². The molecular weight excluding hydrogens is 485 g/mol. The molecule has 5 rings (SSSR count). The standard InChI is InChI=1S/C23H23Cl2N3O4S/c1-22(16-6-17(24)8-18(25)7-16)9-20(26-27-22)14-3-4-19-15(5-14)10-32-23(19)12-28(13-23)21(29)11-33(2,30)31/h3-8,27H,9-13H2,1-2H3. The Balaban J connectivity index is 1.31. The van der Waals surface area contributed by atoms with Crippen molar-refractivity contribution in [2.45, 2.75) is 31.1 Å². The third-order valence-corrected chi connectivity index (χ3v) is 7.73. The van der Waals surface area contributed by atoms with Crippen LogP contribution in [0.2, 0.25) is 10.0 Å². The number of hydrogen-bond donors (Lipinski definition) is 1. The summed E-state index contributed by atoms with van der Waals surface area (Å²) in [5, 5.41) is 5.75. The number of hydrogen-bond acceptors (Lipinski definition) is 6. The third-order valence-electron chi connectivity index (χ3n) is 6.52. The number of amides is 1. The second kappa shape index (κ2) is 7.70. The highest BCUT2D eigenvalue weighted by molar-refractivity contribution is 7.91. The van der Waals surface area contributed by atoms with Crippen LogP contribution in [-0.4, -0.2) is 50.0 Å². The highest BCUT2D eigenvalue weighted by atomic mass is 35.5. The zero-order valence-electron chi connectivity index (χ0n) is 18.2. The topological polar surface area (TPSA) is 88.1 Å². The number of nitrogens with zero attached hydrogens (tertiary/aromatic N) is 2. The summed E-state index contributed by atoms with van der Waals surface area (Å²) in [7, 11) is -3.36. The van der Waals surface area contributed by atoms with E-state index in [0.29, 0.717) is 36.2 Å². The summed E-state index contributed by atoms with van der Waals surface area (Å²) < 4.78 is 28.9. The number of rotatable bonds is 4. The van der Waals surface area contributed by atoms with Crippen LogP contribution in [0.25, 0.3) is 0 Å². The van der Waals surface area contributed by atoms with Gasteiger partial charge in [-0.1, -0.05) is 35.3 Å². The van der Waals surface area contributed by atoms with Crippen molar-refractivity contribution in [3.05, 3.63) is 68.7 Å². The number of carbonyl (C=O) groups excluding carboxylic acids is 1. The molecule has 0 radical (unpaired) electrons. The van der Waals surface area contributed by atoms with Gasteiger partial charge < -0.3 is 9.64 Å². The van der Waals surface area contributed by atoms with E-state index >= 15 is 0 Å². The Morgan fingerprint density at radius 3 is 2.55 bits per heavy atom. The summed E-state index contributed by atoms with van der Waals surface area (Å²) in [5.41, 5.74) is 7.27. The number of hydrazone groups is 1. The minimum atomic E-state index is -3.36. The Labute approximate surface area is 202 Å². The summed E-state index contributed by atoms with van der Waals surface area (Å²) >= 11 is 12.4. The van der Waals surface area contributed by atoms with Crippen LogP contribution in [0.3, 0.4) is 0 Å². The van der Waals surface area contributed by atoms with E-state index in [1.54, 1.807) is 6.07 Å². The summed E-state index contributed by atoms with van der Waals surface area (Å²) in [5.74, 6) is -0.859. The molecule has 2 aromatic rings. The van der Waals surface area contributed by atoms with Crippen molar-refractivity contribution in [1.29, 1.82) is 0 Å². The molecule has 0 bridgehead atoms. The molecule has 0 saturated carbocycles. The molecule has 174 valence electrons. The summed E-state index contributed by atoms with van der Waals surface area (Å²) in [6.07, 6.45) is 1.73. The van der Waals surface area contributed by atoms with Crippen molar-refractivity contribution >= 4 is 44.7 Å². The van der Waals surface area contributed by atoms with Gasteiger partial charge in [0.25, 0.3) is 0 Å². The van der Waals surface area contributed by atoms with Gasteiger partial charge in [0.15, 0.2) is 9.84 Å². The molecule has 1 unspecified atom stereocenters. The van der Waals surface area contributed by atoms with E-state index in [0.717, 1.165) is 34.2 Å². The molecule has 3 aliphatic heterocycles. The Bertz CT molecular complexity index is 1280. The number of benzene rings is 2. The molecule has 10 heteroatoms. The van der Waals surface area contributed by atoms with Gasteiger partial charge in [0, 0.05) is 22.7 Å². The summed E-state index contributed by atoms with van der Waals surface area (Å²) in [6.45, 7) is 3.24. The number of carbonyl (C=O) groups is 1. The molecule has 33 heavy (non-hydrogen) atoms. The van der Waals surface area contributed by atoms with Crippen LogP contribution >= 0.6 is 23.2 Å². The fourth-order valence-electron chi connectivity index (χ4n) is 4.77. The number of fused-ring (bicyclic) bond motifs is 2. The molecule has 3 heterocycles. The molecule has 1 atom stereocenters. The minimum Gasteiger partial charge on any atom is -0.362 e. The predicted molar refractivity (Wildman–Crippen MR) is 127 cm³/mol. The third kappa shape index (κ3) is 4.14. The highest BCUT2D eigenvalue weighted by Gasteiger charge is 2.52. The van der Waals surface area contributed by atoms with Gasteiger partial charge in [-0.2, -0.15) is 5.10 Å². The molecule has 7 nitrogen and oxygen atoms in total. The first-order valence-electron chi connectivity index (χ1n) is 10.5. The van der Waals surface area contributed by atoms with E-state index in [4.69, 9.17) is 27.9 Å². The second-order valence-corrected chi connectivity index (χ2v) is 12.3. The van der Waals surface area contributed by atoms with Crippen molar-refractivity contribution in [1.82, 2.24) is 10.3 Å². The number of sulfone groups is 1. The Morgan fingerprint density at radius 2 is 1.88 bits per heavy atom. The van der Waals surface area contributed by atoms with Crippen LogP contribution in [0.5, 0.6) is 0 Å². The molecule has 1 amide bonds. The van der Waals surface area contributed by atoms with E-state index in [1.807, 2.05) is 24.3 Å². The van der Waals surface area contributed by atoms with Crippen LogP contribution < -0.4 is 5.43 Å². The zero-order chi connectivity index (χ0) is 23.6. The van der Waals surface area contributed by atoms with Gasteiger partial charge in [0.05, 0.1) is 30.9 Å². The molecule has 1 saturated heterocycles. The SMILES string of the molecule is CC1(c2cc(Cl)cc(Cl)c2)CC(c2ccc3c(c2)COC32CN(C(=O)CS(C)(=O)=O)C2)=NN1. The summed E-state index contributed by atoms with van der Waals surface area (Å²) in [6, 6.07) is 11.6. The lowest BCUT2D eigenvalue weighted by atomic mass is 9.83. The van der Waals surface area contributed by atoms with Crippen molar-refractivity contribution in [3.63, 3.8) is 0 Å². The molecule has 3 aliphatic rings. The van der Waals surface area contributed by atoms with Crippen molar-refractivity contribution < 1.29 is 17.9 Å². The van der Waals surface area contributed by atoms with Crippen LogP contribution in [0.15, 0.2) is 41.5 Å². The lowest BCUT2D eigenvalue weighted by Crippen LogP contribution is -2.62. The van der Waals surface area contributed by atoms with Gasteiger partial charge in [-0.15, -0.1) is 0 Å². The first-order valence-corrected chi connectivity index (χ1v) is 13.3. The lowest BCUT2D eigenvalue weighted by molar-refractivity contribution is -0.166.